The van der Waals surface area contributed by atoms with Gasteiger partial charge in [0, 0.05) is 23.4 Å². The lowest BCUT2D eigenvalue weighted by Gasteiger charge is -2.43. The minimum absolute atomic E-state index is 0.0801. The summed E-state index contributed by atoms with van der Waals surface area (Å²) in [6, 6.07) is 6.43. The molecular weight excluding hydrogens is 400 g/mol. The molecule has 1 aromatic carbocycles. The number of rotatable bonds is 5. The van der Waals surface area contributed by atoms with E-state index >= 15 is 0 Å². The van der Waals surface area contributed by atoms with Crippen molar-refractivity contribution in [3.63, 3.8) is 0 Å². The van der Waals surface area contributed by atoms with Crippen molar-refractivity contribution in [2.45, 2.75) is 65.8 Å². The van der Waals surface area contributed by atoms with Gasteiger partial charge in [-0.25, -0.2) is 9.59 Å². The monoisotopic (exact) mass is 428 g/mol. The van der Waals surface area contributed by atoms with E-state index in [1.165, 1.54) is 6.07 Å². The first-order valence-electron chi connectivity index (χ1n) is 10.3. The summed E-state index contributed by atoms with van der Waals surface area (Å²) in [4.78, 5) is 37.2. The van der Waals surface area contributed by atoms with Crippen LogP contribution in [0.5, 0.6) is 5.75 Å². The number of esters is 2. The maximum absolute atomic E-state index is 12.7. The summed E-state index contributed by atoms with van der Waals surface area (Å²) in [7, 11) is 0. The molecule has 1 aliphatic rings. The third-order valence-corrected chi connectivity index (χ3v) is 5.23. The summed E-state index contributed by atoms with van der Waals surface area (Å²) in [5.74, 6) is -0.497. The Morgan fingerprint density at radius 1 is 1.16 bits per heavy atom. The molecule has 0 N–H and O–H groups in total. The van der Waals surface area contributed by atoms with Gasteiger partial charge in [0.05, 0.1) is 5.56 Å². The van der Waals surface area contributed by atoms with E-state index < -0.39 is 35.4 Å². The minimum atomic E-state index is -1.01. The van der Waals surface area contributed by atoms with Gasteiger partial charge >= 0.3 is 17.6 Å². The number of fused-ring (bicyclic) bond motifs is 3. The van der Waals surface area contributed by atoms with E-state index in [0.29, 0.717) is 22.3 Å². The fraction of sp³-hybridized carbons (Fsp3) is 0.458. The lowest BCUT2D eigenvalue weighted by molar-refractivity contribution is -0.188. The van der Waals surface area contributed by atoms with E-state index in [4.69, 9.17) is 18.6 Å². The highest BCUT2D eigenvalue weighted by Crippen LogP contribution is 2.46. The van der Waals surface area contributed by atoms with Gasteiger partial charge in [-0.15, -0.1) is 0 Å². The van der Waals surface area contributed by atoms with Crippen molar-refractivity contribution < 1.29 is 28.2 Å². The van der Waals surface area contributed by atoms with Crippen molar-refractivity contribution in [2.75, 3.05) is 0 Å². The standard InChI is InChI=1S/C24H28O7/c1-7-14(4)23(27)30-22-21(29-18(26)12-13(2)3)19-16(31-24(22,5)6)10-8-15-9-11-17(25)28-20(15)19/h7-11,13,21-22H,12H2,1-6H3/t21-,22+/m1/s1. The molecule has 0 spiro atoms. The average Bonchev–Trinajstić information content (AvgIpc) is 2.68. The van der Waals surface area contributed by atoms with Crippen LogP contribution in [0.25, 0.3) is 11.0 Å². The van der Waals surface area contributed by atoms with Gasteiger partial charge in [-0.2, -0.15) is 0 Å². The van der Waals surface area contributed by atoms with E-state index in [0.717, 1.165) is 0 Å². The highest BCUT2D eigenvalue weighted by atomic mass is 16.6. The molecule has 3 rings (SSSR count). The molecule has 166 valence electrons. The molecule has 7 heteroatoms. The molecule has 7 nitrogen and oxygen atoms in total. The Balaban J connectivity index is 2.18. The van der Waals surface area contributed by atoms with Gasteiger partial charge < -0.3 is 18.6 Å². The summed E-state index contributed by atoms with van der Waals surface area (Å²) in [5, 5.41) is 0.640. The minimum Gasteiger partial charge on any atom is -0.483 e. The fourth-order valence-corrected chi connectivity index (χ4v) is 3.53. The lowest BCUT2D eigenvalue weighted by atomic mass is 9.87. The Bertz CT molecular complexity index is 1090. The second-order valence-electron chi connectivity index (χ2n) is 8.66. The first kappa shape index (κ1) is 22.6. The largest absolute Gasteiger partial charge is 0.483 e. The van der Waals surface area contributed by atoms with Crippen molar-refractivity contribution in [3.05, 3.63) is 51.9 Å². The van der Waals surface area contributed by atoms with Crippen LogP contribution in [-0.4, -0.2) is 23.6 Å². The number of benzene rings is 1. The van der Waals surface area contributed by atoms with Gasteiger partial charge in [0.1, 0.15) is 16.9 Å². The molecule has 0 unspecified atom stereocenters. The molecule has 2 heterocycles. The molecule has 0 bridgehead atoms. The summed E-state index contributed by atoms with van der Waals surface area (Å²) in [6.45, 7) is 10.7. The van der Waals surface area contributed by atoms with Gasteiger partial charge in [-0.1, -0.05) is 19.9 Å². The quantitative estimate of drug-likeness (QED) is 0.394. The van der Waals surface area contributed by atoms with Crippen LogP contribution in [0.15, 0.2) is 45.1 Å². The maximum atomic E-state index is 12.7. The Morgan fingerprint density at radius 2 is 1.84 bits per heavy atom. The fourth-order valence-electron chi connectivity index (χ4n) is 3.53. The normalized spacial score (nSPS) is 20.2. The van der Waals surface area contributed by atoms with Gasteiger partial charge in [-0.3, -0.25) is 4.79 Å². The van der Waals surface area contributed by atoms with Gasteiger partial charge in [0.15, 0.2) is 12.2 Å². The highest BCUT2D eigenvalue weighted by Gasteiger charge is 2.50. The maximum Gasteiger partial charge on any atom is 0.336 e. The van der Waals surface area contributed by atoms with Crippen LogP contribution >= 0.6 is 0 Å². The van der Waals surface area contributed by atoms with Crippen LogP contribution in [0.4, 0.5) is 0 Å². The summed E-state index contributed by atoms with van der Waals surface area (Å²) in [6.07, 6.45) is -0.139. The first-order valence-corrected chi connectivity index (χ1v) is 10.3. The number of hydrogen-bond acceptors (Lipinski definition) is 7. The van der Waals surface area contributed by atoms with E-state index in [1.54, 1.807) is 52.0 Å². The third-order valence-electron chi connectivity index (χ3n) is 5.23. The van der Waals surface area contributed by atoms with Gasteiger partial charge in [-0.05, 0) is 51.8 Å². The van der Waals surface area contributed by atoms with Gasteiger partial charge in [0.2, 0.25) is 0 Å². The predicted octanol–water partition coefficient (Wildman–Crippen LogP) is 4.47. The van der Waals surface area contributed by atoms with Crippen molar-refractivity contribution in [1.82, 2.24) is 0 Å². The number of carbonyl (C=O) groups excluding carboxylic acids is 2. The molecule has 2 aromatic rings. The van der Waals surface area contributed by atoms with E-state index in [9.17, 15) is 14.4 Å². The van der Waals surface area contributed by atoms with Crippen LogP contribution in [0.1, 0.15) is 59.6 Å². The zero-order valence-corrected chi connectivity index (χ0v) is 18.7. The van der Waals surface area contributed by atoms with Crippen LogP contribution in [0.2, 0.25) is 0 Å². The van der Waals surface area contributed by atoms with Crippen molar-refractivity contribution in [1.29, 1.82) is 0 Å². The Labute approximate surface area is 181 Å². The van der Waals surface area contributed by atoms with E-state index in [1.807, 2.05) is 13.8 Å². The van der Waals surface area contributed by atoms with Crippen molar-refractivity contribution in [2.24, 2.45) is 5.92 Å². The topological polar surface area (TPSA) is 92.0 Å². The van der Waals surface area contributed by atoms with Crippen molar-refractivity contribution >= 4 is 22.9 Å². The number of hydrogen-bond donors (Lipinski definition) is 0. The molecule has 0 saturated carbocycles. The Hall–Kier alpha value is -3.09. The Morgan fingerprint density at radius 3 is 2.48 bits per heavy atom. The molecule has 0 aliphatic carbocycles. The van der Waals surface area contributed by atoms with Crippen LogP contribution in [-0.2, 0) is 19.1 Å². The van der Waals surface area contributed by atoms with Crippen LogP contribution in [0.3, 0.4) is 0 Å². The molecule has 0 saturated heterocycles. The lowest BCUT2D eigenvalue weighted by Crippen LogP contribution is -2.52. The summed E-state index contributed by atoms with van der Waals surface area (Å²) >= 11 is 0. The van der Waals surface area contributed by atoms with Gasteiger partial charge in [0.25, 0.3) is 0 Å². The molecule has 0 amide bonds. The number of carbonyl (C=O) groups is 2. The molecular formula is C24H28O7. The van der Waals surface area contributed by atoms with Crippen molar-refractivity contribution in [3.8, 4) is 5.75 Å². The third kappa shape index (κ3) is 4.65. The molecule has 0 radical (unpaired) electrons. The number of allylic oxidation sites excluding steroid dienone is 1. The second-order valence-corrected chi connectivity index (χ2v) is 8.66. The summed E-state index contributed by atoms with van der Waals surface area (Å²) < 4.78 is 23.2. The highest BCUT2D eigenvalue weighted by molar-refractivity contribution is 5.88. The van der Waals surface area contributed by atoms with Crippen LogP contribution in [0, 0.1) is 5.92 Å². The predicted molar refractivity (Wildman–Crippen MR) is 115 cm³/mol. The molecule has 1 aliphatic heterocycles. The number of ether oxygens (including phenoxy) is 3. The molecule has 31 heavy (non-hydrogen) atoms. The zero-order chi connectivity index (χ0) is 22.9. The molecule has 0 fully saturated rings. The SMILES string of the molecule is CC=C(C)C(=O)O[C@H]1[C@H](OC(=O)CC(C)C)c2c(ccc3ccc(=O)oc23)OC1(C)C. The van der Waals surface area contributed by atoms with E-state index in [2.05, 4.69) is 0 Å². The average molecular weight is 428 g/mol. The Kier molecular flexibility index (Phi) is 6.25. The molecule has 2 atom stereocenters. The first-order chi connectivity index (χ1) is 14.5. The summed E-state index contributed by atoms with van der Waals surface area (Å²) in [5.41, 5.74) is -0.522. The van der Waals surface area contributed by atoms with Crippen LogP contribution < -0.4 is 10.4 Å². The van der Waals surface area contributed by atoms with E-state index in [-0.39, 0.29) is 17.9 Å². The second kappa shape index (κ2) is 8.57. The smallest absolute Gasteiger partial charge is 0.336 e. The zero-order valence-electron chi connectivity index (χ0n) is 18.7. The molecule has 1 aromatic heterocycles.